The van der Waals surface area contributed by atoms with Crippen LogP contribution >= 0.6 is 12.4 Å². The molecule has 72 valence electrons. The van der Waals surface area contributed by atoms with Gasteiger partial charge in [0, 0.05) is 12.4 Å². The number of hydrogen-bond donors (Lipinski definition) is 0. The number of halogens is 3. The summed E-state index contributed by atoms with van der Waals surface area (Å²) in [7, 11) is 0. The number of hydrogen-bond acceptors (Lipinski definition) is 3. The summed E-state index contributed by atoms with van der Waals surface area (Å²) in [5.74, 6) is -1.07. The number of aromatic nitrogens is 1. The van der Waals surface area contributed by atoms with Crippen LogP contribution in [0.2, 0.25) is 0 Å². The lowest BCUT2D eigenvalue weighted by atomic mass is 10.3. The zero-order chi connectivity index (χ0) is 8.97. The van der Waals surface area contributed by atoms with Gasteiger partial charge in [-0.05, 0) is 12.1 Å². The van der Waals surface area contributed by atoms with Gasteiger partial charge in [0.1, 0.15) is 0 Å². The van der Waals surface area contributed by atoms with Crippen LogP contribution in [0.5, 0.6) is 0 Å². The molecule has 0 unspecified atom stereocenters. The summed E-state index contributed by atoms with van der Waals surface area (Å²) in [6.45, 7) is -3.09. The number of rotatable bonds is 2. The fraction of sp³-hybridized carbons (Fsp3) is 0.143. The van der Waals surface area contributed by atoms with E-state index in [1.165, 1.54) is 18.3 Å². The fourth-order valence-electron chi connectivity index (χ4n) is 0.632. The zero-order valence-corrected chi connectivity index (χ0v) is 7.13. The summed E-state index contributed by atoms with van der Waals surface area (Å²) in [6, 6.07) is 2.81. The molecule has 0 fully saturated rings. The number of pyridine rings is 1. The van der Waals surface area contributed by atoms with Gasteiger partial charge in [0.05, 0.1) is 5.56 Å². The van der Waals surface area contributed by atoms with Crippen molar-refractivity contribution in [1.82, 2.24) is 4.98 Å². The third-order valence-corrected chi connectivity index (χ3v) is 1.09. The number of esters is 1. The number of nitrogens with zero attached hydrogens (tertiary/aromatic N) is 1. The Labute approximate surface area is 79.1 Å². The maximum Gasteiger partial charge on any atom is 0.389 e. The van der Waals surface area contributed by atoms with Crippen LogP contribution in [0.4, 0.5) is 8.78 Å². The largest absolute Gasteiger partial charge is 0.399 e. The molecule has 0 atom stereocenters. The molecule has 1 heterocycles. The minimum atomic E-state index is -3.09. The number of alkyl halides is 2. The lowest BCUT2D eigenvalue weighted by Gasteiger charge is -2.00. The van der Waals surface area contributed by atoms with Crippen LogP contribution in [0, 0.1) is 0 Å². The highest BCUT2D eigenvalue weighted by Crippen LogP contribution is 2.03. The lowest BCUT2D eigenvalue weighted by molar-refractivity contribution is -0.0906. The van der Waals surface area contributed by atoms with Crippen molar-refractivity contribution in [1.29, 1.82) is 0 Å². The van der Waals surface area contributed by atoms with E-state index in [1.807, 2.05) is 0 Å². The standard InChI is InChI=1S/C7H5F2NO2.ClH/c8-7(9)12-6(11)5-2-1-3-10-4-5;/h1-4,7H;1H. The first-order chi connectivity index (χ1) is 5.70. The van der Waals surface area contributed by atoms with Crippen LogP contribution in [0.15, 0.2) is 24.5 Å². The topological polar surface area (TPSA) is 39.2 Å². The first kappa shape index (κ1) is 11.8. The number of carbonyl (C=O) groups excluding carboxylic acids is 1. The average molecular weight is 210 g/mol. The molecule has 6 heteroatoms. The Kier molecular flexibility index (Phi) is 4.91. The minimum absolute atomic E-state index is 0. The minimum Gasteiger partial charge on any atom is -0.399 e. The molecule has 0 saturated heterocycles. The van der Waals surface area contributed by atoms with E-state index in [4.69, 9.17) is 0 Å². The molecule has 0 N–H and O–H groups in total. The fourth-order valence-corrected chi connectivity index (χ4v) is 0.632. The van der Waals surface area contributed by atoms with E-state index in [9.17, 15) is 13.6 Å². The monoisotopic (exact) mass is 209 g/mol. The van der Waals surface area contributed by atoms with Crippen molar-refractivity contribution in [3.8, 4) is 0 Å². The molecule has 0 aliphatic rings. The summed E-state index contributed by atoms with van der Waals surface area (Å²) < 4.78 is 26.6. The molecule has 13 heavy (non-hydrogen) atoms. The normalized spacial score (nSPS) is 9.15. The molecular weight excluding hydrogens is 204 g/mol. The first-order valence-corrected chi connectivity index (χ1v) is 3.09. The van der Waals surface area contributed by atoms with Gasteiger partial charge in [-0.15, -0.1) is 12.4 Å². The van der Waals surface area contributed by atoms with Gasteiger partial charge < -0.3 is 4.74 Å². The average Bonchev–Trinajstić information content (AvgIpc) is 2.05. The molecule has 3 nitrogen and oxygen atoms in total. The Bertz CT molecular complexity index is 268. The highest BCUT2D eigenvalue weighted by Gasteiger charge is 2.12. The molecular formula is C7H6ClF2NO2. The predicted molar refractivity (Wildman–Crippen MR) is 42.9 cm³/mol. The van der Waals surface area contributed by atoms with Crippen LogP contribution < -0.4 is 0 Å². The van der Waals surface area contributed by atoms with E-state index in [2.05, 4.69) is 9.72 Å². The van der Waals surface area contributed by atoms with E-state index in [-0.39, 0.29) is 18.0 Å². The molecule has 1 aromatic heterocycles. The van der Waals surface area contributed by atoms with Crippen molar-refractivity contribution in [2.45, 2.75) is 6.61 Å². The smallest absolute Gasteiger partial charge is 0.389 e. The number of carbonyl (C=O) groups is 1. The summed E-state index contributed by atoms with van der Waals surface area (Å²) in [6.07, 6.45) is 2.59. The van der Waals surface area contributed by atoms with Crippen molar-refractivity contribution >= 4 is 18.4 Å². The van der Waals surface area contributed by atoms with Gasteiger partial charge in [-0.2, -0.15) is 8.78 Å². The van der Waals surface area contributed by atoms with Crippen molar-refractivity contribution in [2.24, 2.45) is 0 Å². The van der Waals surface area contributed by atoms with E-state index in [0.717, 1.165) is 6.20 Å². The van der Waals surface area contributed by atoms with Gasteiger partial charge in [0.15, 0.2) is 0 Å². The van der Waals surface area contributed by atoms with Gasteiger partial charge in [-0.1, -0.05) is 0 Å². The molecule has 0 aliphatic carbocycles. The molecule has 0 aliphatic heterocycles. The molecule has 1 rings (SSSR count). The Morgan fingerprint density at radius 3 is 2.69 bits per heavy atom. The second-order valence-corrected chi connectivity index (χ2v) is 1.91. The van der Waals surface area contributed by atoms with Crippen molar-refractivity contribution in [3.05, 3.63) is 30.1 Å². The lowest BCUT2D eigenvalue weighted by Crippen LogP contribution is -2.09. The van der Waals surface area contributed by atoms with Gasteiger partial charge >= 0.3 is 12.6 Å². The van der Waals surface area contributed by atoms with Crippen LogP contribution in [0.25, 0.3) is 0 Å². The van der Waals surface area contributed by atoms with Crippen LogP contribution in [0.1, 0.15) is 10.4 Å². The highest BCUT2D eigenvalue weighted by atomic mass is 35.5. The summed E-state index contributed by atoms with van der Waals surface area (Å²) in [5, 5.41) is 0. The quantitative estimate of drug-likeness (QED) is 0.699. The van der Waals surface area contributed by atoms with Crippen LogP contribution in [-0.2, 0) is 4.74 Å². The van der Waals surface area contributed by atoms with Gasteiger partial charge in [-0.25, -0.2) is 4.79 Å². The van der Waals surface area contributed by atoms with E-state index < -0.39 is 12.6 Å². The molecule has 0 spiro atoms. The summed E-state index contributed by atoms with van der Waals surface area (Å²) >= 11 is 0. The number of ether oxygens (including phenoxy) is 1. The summed E-state index contributed by atoms with van der Waals surface area (Å²) in [4.78, 5) is 14.3. The molecule has 0 saturated carbocycles. The van der Waals surface area contributed by atoms with E-state index in [1.54, 1.807) is 0 Å². The molecule has 1 aromatic rings. The first-order valence-electron chi connectivity index (χ1n) is 3.09. The predicted octanol–water partition coefficient (Wildman–Crippen LogP) is 1.88. The molecule has 0 bridgehead atoms. The molecule has 0 aromatic carbocycles. The van der Waals surface area contributed by atoms with E-state index in [0.29, 0.717) is 0 Å². The maximum absolute atomic E-state index is 11.5. The highest BCUT2D eigenvalue weighted by molar-refractivity contribution is 5.88. The van der Waals surface area contributed by atoms with Gasteiger partial charge in [0.2, 0.25) is 0 Å². The van der Waals surface area contributed by atoms with Gasteiger partial charge in [-0.3, -0.25) is 4.98 Å². The third-order valence-electron chi connectivity index (χ3n) is 1.09. The second-order valence-electron chi connectivity index (χ2n) is 1.91. The molecule has 0 radical (unpaired) electrons. The van der Waals surface area contributed by atoms with Crippen LogP contribution in [0.3, 0.4) is 0 Å². The van der Waals surface area contributed by atoms with E-state index >= 15 is 0 Å². The molecule has 0 amide bonds. The van der Waals surface area contributed by atoms with Crippen molar-refractivity contribution in [2.75, 3.05) is 0 Å². The Morgan fingerprint density at radius 2 is 2.23 bits per heavy atom. The Balaban J connectivity index is 0.00000144. The zero-order valence-electron chi connectivity index (χ0n) is 6.31. The van der Waals surface area contributed by atoms with Crippen molar-refractivity contribution < 1.29 is 18.3 Å². The third kappa shape index (κ3) is 3.80. The Hall–Kier alpha value is -1.23. The maximum atomic E-state index is 11.5. The van der Waals surface area contributed by atoms with Crippen LogP contribution in [-0.4, -0.2) is 17.6 Å². The van der Waals surface area contributed by atoms with Gasteiger partial charge in [0.25, 0.3) is 0 Å². The second kappa shape index (κ2) is 5.42. The SMILES string of the molecule is Cl.O=C(OC(F)F)c1cccnc1. The van der Waals surface area contributed by atoms with Crippen molar-refractivity contribution in [3.63, 3.8) is 0 Å². The summed E-state index contributed by atoms with van der Waals surface area (Å²) in [5.41, 5.74) is 0.0119. The Morgan fingerprint density at radius 1 is 1.54 bits per heavy atom.